The first kappa shape index (κ1) is 14.8. The third kappa shape index (κ3) is 2.66. The Balaban J connectivity index is 1.76. The summed E-state index contributed by atoms with van der Waals surface area (Å²) in [4.78, 5) is 0.0621. The Labute approximate surface area is 125 Å². The monoisotopic (exact) mass is 312 g/mol. The topological polar surface area (TPSA) is 63.4 Å². The molecule has 3 unspecified atom stereocenters. The van der Waals surface area contributed by atoms with Crippen LogP contribution in [0.1, 0.15) is 25.7 Å². The van der Waals surface area contributed by atoms with E-state index in [2.05, 4.69) is 0 Å². The highest BCUT2D eigenvalue weighted by Crippen LogP contribution is 2.48. The molecule has 0 aromatic heterocycles. The number of halogens is 1. The van der Waals surface area contributed by atoms with Gasteiger partial charge < -0.3 is 5.73 Å². The molecule has 0 aliphatic heterocycles. The third-order valence-corrected chi connectivity index (χ3v) is 6.87. The van der Waals surface area contributed by atoms with Crippen molar-refractivity contribution in [3.8, 4) is 0 Å². The molecule has 6 heteroatoms. The van der Waals surface area contributed by atoms with Crippen LogP contribution in [-0.2, 0) is 10.0 Å². The molecule has 0 saturated heterocycles. The molecule has 2 saturated carbocycles. The predicted molar refractivity (Wildman–Crippen MR) is 79.6 cm³/mol. The Hall–Kier alpha value is -1.14. The molecule has 116 valence electrons. The number of anilines is 1. The molecule has 0 spiro atoms. The van der Waals surface area contributed by atoms with Crippen molar-refractivity contribution in [1.82, 2.24) is 4.31 Å². The molecule has 0 amide bonds. The molecule has 0 radical (unpaired) electrons. The van der Waals surface area contributed by atoms with E-state index in [1.165, 1.54) is 35.7 Å². The second-order valence-corrected chi connectivity index (χ2v) is 8.45. The molecule has 4 nitrogen and oxygen atoms in total. The summed E-state index contributed by atoms with van der Waals surface area (Å²) in [5.41, 5.74) is 5.34. The molecular weight excluding hydrogens is 291 g/mol. The van der Waals surface area contributed by atoms with Crippen molar-refractivity contribution in [3.05, 3.63) is 24.0 Å². The molecule has 2 fully saturated rings. The Bertz CT molecular complexity index is 647. The van der Waals surface area contributed by atoms with Crippen LogP contribution < -0.4 is 5.73 Å². The van der Waals surface area contributed by atoms with E-state index in [1.807, 2.05) is 0 Å². The molecule has 3 rings (SSSR count). The first-order chi connectivity index (χ1) is 9.88. The van der Waals surface area contributed by atoms with Crippen LogP contribution in [0.15, 0.2) is 23.1 Å². The summed E-state index contributed by atoms with van der Waals surface area (Å²) in [5, 5.41) is 0. The molecular formula is C15H21FN2O2S. The van der Waals surface area contributed by atoms with Crippen LogP contribution in [-0.4, -0.2) is 26.3 Å². The number of fused-ring (bicyclic) bond motifs is 2. The smallest absolute Gasteiger partial charge is 0.242 e. The maximum Gasteiger partial charge on any atom is 0.242 e. The largest absolute Gasteiger partial charge is 0.396 e. The third-order valence-electron chi connectivity index (χ3n) is 5.05. The van der Waals surface area contributed by atoms with Crippen LogP contribution in [0.5, 0.6) is 0 Å². The fourth-order valence-electron chi connectivity index (χ4n) is 3.89. The van der Waals surface area contributed by atoms with Gasteiger partial charge in [-0.15, -0.1) is 0 Å². The molecule has 2 aliphatic rings. The van der Waals surface area contributed by atoms with Gasteiger partial charge in [0.15, 0.2) is 0 Å². The minimum Gasteiger partial charge on any atom is -0.396 e. The highest BCUT2D eigenvalue weighted by molar-refractivity contribution is 7.89. The van der Waals surface area contributed by atoms with Gasteiger partial charge in [0, 0.05) is 13.6 Å². The average Bonchev–Trinajstić information content (AvgIpc) is 3.04. The van der Waals surface area contributed by atoms with Gasteiger partial charge in [0.25, 0.3) is 0 Å². The van der Waals surface area contributed by atoms with Gasteiger partial charge in [0.2, 0.25) is 10.0 Å². The van der Waals surface area contributed by atoms with E-state index in [4.69, 9.17) is 5.73 Å². The maximum atomic E-state index is 13.2. The normalized spacial score (nSPS) is 28.4. The van der Waals surface area contributed by atoms with E-state index < -0.39 is 15.8 Å². The van der Waals surface area contributed by atoms with E-state index in [0.717, 1.165) is 18.4 Å². The predicted octanol–water partition coefficient (Wildman–Crippen LogP) is 2.46. The molecule has 1 aromatic carbocycles. The quantitative estimate of drug-likeness (QED) is 0.869. The van der Waals surface area contributed by atoms with Gasteiger partial charge in [-0.1, -0.05) is 6.42 Å². The molecule has 2 N–H and O–H groups in total. The van der Waals surface area contributed by atoms with E-state index in [-0.39, 0.29) is 10.6 Å². The van der Waals surface area contributed by atoms with Crippen molar-refractivity contribution >= 4 is 15.7 Å². The van der Waals surface area contributed by atoms with Crippen molar-refractivity contribution in [2.45, 2.75) is 30.6 Å². The van der Waals surface area contributed by atoms with E-state index in [1.54, 1.807) is 7.05 Å². The zero-order valence-electron chi connectivity index (χ0n) is 12.1. The zero-order chi connectivity index (χ0) is 15.2. The van der Waals surface area contributed by atoms with Crippen molar-refractivity contribution in [2.24, 2.45) is 17.8 Å². The number of nitrogens with two attached hydrogens (primary N) is 1. The number of hydrogen-bond acceptors (Lipinski definition) is 3. The first-order valence-electron chi connectivity index (χ1n) is 7.39. The summed E-state index contributed by atoms with van der Waals surface area (Å²) < 4.78 is 39.7. The summed E-state index contributed by atoms with van der Waals surface area (Å²) in [5.74, 6) is 1.33. The van der Waals surface area contributed by atoms with Crippen molar-refractivity contribution in [3.63, 3.8) is 0 Å². The number of nitrogens with zero attached hydrogens (tertiary/aromatic N) is 1. The van der Waals surface area contributed by atoms with Gasteiger partial charge in [-0.2, -0.15) is 0 Å². The number of hydrogen-bond donors (Lipinski definition) is 1. The second-order valence-electron chi connectivity index (χ2n) is 6.40. The van der Waals surface area contributed by atoms with Crippen LogP contribution in [0, 0.1) is 23.6 Å². The summed E-state index contributed by atoms with van der Waals surface area (Å²) in [6, 6.07) is 3.58. The summed E-state index contributed by atoms with van der Waals surface area (Å²) in [6.07, 6.45) is 4.91. The van der Waals surface area contributed by atoms with Crippen molar-refractivity contribution in [1.29, 1.82) is 0 Å². The summed E-state index contributed by atoms with van der Waals surface area (Å²) in [6.45, 7) is 0.542. The maximum absolute atomic E-state index is 13.2. The summed E-state index contributed by atoms with van der Waals surface area (Å²) >= 11 is 0. The Morgan fingerprint density at radius 1 is 1.33 bits per heavy atom. The Morgan fingerprint density at radius 2 is 2.10 bits per heavy atom. The molecule has 1 aromatic rings. The Kier molecular flexibility index (Phi) is 3.69. The average molecular weight is 312 g/mol. The Morgan fingerprint density at radius 3 is 2.67 bits per heavy atom. The van der Waals surface area contributed by atoms with Gasteiger partial charge in [0.05, 0.1) is 10.6 Å². The van der Waals surface area contributed by atoms with Crippen LogP contribution in [0.25, 0.3) is 0 Å². The van der Waals surface area contributed by atoms with E-state index in [9.17, 15) is 12.8 Å². The van der Waals surface area contributed by atoms with Gasteiger partial charge in [-0.25, -0.2) is 17.1 Å². The van der Waals surface area contributed by atoms with E-state index in [0.29, 0.717) is 18.4 Å². The summed E-state index contributed by atoms with van der Waals surface area (Å²) in [7, 11) is -2.00. The highest BCUT2D eigenvalue weighted by Gasteiger charge is 2.40. The van der Waals surface area contributed by atoms with Crippen LogP contribution in [0.3, 0.4) is 0 Å². The molecule has 3 atom stereocenters. The molecule has 21 heavy (non-hydrogen) atoms. The number of sulfonamides is 1. The lowest BCUT2D eigenvalue weighted by atomic mass is 9.89. The van der Waals surface area contributed by atoms with Gasteiger partial charge in [-0.3, -0.25) is 0 Å². The highest BCUT2D eigenvalue weighted by atomic mass is 32.2. The van der Waals surface area contributed by atoms with E-state index >= 15 is 0 Å². The van der Waals surface area contributed by atoms with Crippen LogP contribution in [0.2, 0.25) is 0 Å². The van der Waals surface area contributed by atoms with Crippen molar-refractivity contribution < 1.29 is 12.8 Å². The van der Waals surface area contributed by atoms with Gasteiger partial charge in [-0.05, 0) is 55.2 Å². The number of rotatable bonds is 4. The van der Waals surface area contributed by atoms with Crippen molar-refractivity contribution in [2.75, 3.05) is 19.3 Å². The minimum absolute atomic E-state index is 0.0621. The lowest BCUT2D eigenvalue weighted by Crippen LogP contribution is -2.33. The number of nitrogen functional groups attached to an aromatic ring is 1. The van der Waals surface area contributed by atoms with Crippen LogP contribution in [0.4, 0.5) is 10.1 Å². The molecule has 0 heterocycles. The fraction of sp³-hybridized carbons (Fsp3) is 0.600. The van der Waals surface area contributed by atoms with Crippen LogP contribution >= 0.6 is 0 Å². The lowest BCUT2D eigenvalue weighted by molar-refractivity contribution is 0.280. The fourth-order valence-corrected chi connectivity index (χ4v) is 5.15. The molecule has 2 aliphatic carbocycles. The lowest BCUT2D eigenvalue weighted by Gasteiger charge is -2.26. The zero-order valence-corrected chi connectivity index (χ0v) is 12.9. The second kappa shape index (κ2) is 5.25. The first-order valence-corrected chi connectivity index (χ1v) is 8.83. The number of benzene rings is 1. The standard InChI is InChI=1S/C15H21FN2O2S/c1-18(9-12-7-10-2-3-11(12)6-10)21(19,20)13-4-5-14(16)15(17)8-13/h4-5,8,10-12H,2-3,6-7,9,17H2,1H3. The SMILES string of the molecule is CN(CC1CC2CCC1C2)S(=O)(=O)c1ccc(F)c(N)c1. The van der Waals surface area contributed by atoms with Gasteiger partial charge in [0.1, 0.15) is 5.82 Å². The van der Waals surface area contributed by atoms with Gasteiger partial charge >= 0.3 is 0 Å². The molecule has 2 bridgehead atoms. The minimum atomic E-state index is -3.60.